The van der Waals surface area contributed by atoms with Crippen molar-refractivity contribution < 1.29 is 19.5 Å². The maximum Gasteiger partial charge on any atom is 0.335 e. The number of hydrogen-bond donors (Lipinski definition) is 2. The number of halogens is 1. The molecule has 0 saturated carbocycles. The molecule has 2 amide bonds. The van der Waals surface area contributed by atoms with Crippen LogP contribution in [0.3, 0.4) is 0 Å². The Morgan fingerprint density at radius 2 is 1.93 bits per heavy atom. The number of nitrogens with zero attached hydrogens (tertiary/aromatic N) is 2. The van der Waals surface area contributed by atoms with Crippen molar-refractivity contribution >= 4 is 64.3 Å². The lowest BCUT2D eigenvalue weighted by Gasteiger charge is -2.31. The van der Waals surface area contributed by atoms with Crippen LogP contribution in [-0.4, -0.2) is 34.2 Å². The first kappa shape index (κ1) is 19.7. The van der Waals surface area contributed by atoms with Crippen LogP contribution in [0, 0.1) is 12.8 Å². The lowest BCUT2D eigenvalue weighted by Crippen LogP contribution is -2.58. The van der Waals surface area contributed by atoms with Crippen molar-refractivity contribution in [2.45, 2.75) is 6.92 Å². The number of carbonyl (C=O) groups excluding carboxylic acids is 2. The van der Waals surface area contributed by atoms with Gasteiger partial charge in [0.15, 0.2) is 11.0 Å². The maximum absolute atomic E-state index is 12.9. The Kier molecular flexibility index (Phi) is 5.53. The second-order valence-corrected chi connectivity index (χ2v) is 6.82. The van der Waals surface area contributed by atoms with Gasteiger partial charge in [-0.1, -0.05) is 29.3 Å². The van der Waals surface area contributed by atoms with Gasteiger partial charge in [-0.2, -0.15) is 0 Å². The quantitative estimate of drug-likeness (QED) is 0.454. The van der Waals surface area contributed by atoms with Crippen LogP contribution >= 0.6 is 23.8 Å². The number of carbonyl (C=O) groups is 3. The van der Waals surface area contributed by atoms with Crippen molar-refractivity contribution in [3.05, 3.63) is 58.6 Å². The van der Waals surface area contributed by atoms with Crippen molar-refractivity contribution in [2.24, 2.45) is 10.9 Å². The molecular formula is C19H14ClN3O4S. The van der Waals surface area contributed by atoms with Gasteiger partial charge in [-0.25, -0.2) is 4.79 Å². The molecule has 3 rings (SSSR count). The molecule has 0 aliphatic carbocycles. The van der Waals surface area contributed by atoms with E-state index < -0.39 is 23.7 Å². The Labute approximate surface area is 170 Å². The van der Waals surface area contributed by atoms with E-state index in [2.05, 4.69) is 10.3 Å². The summed E-state index contributed by atoms with van der Waals surface area (Å²) in [5, 5.41) is 11.7. The number of hydrogen-bond acceptors (Lipinski definition) is 5. The fraction of sp³-hybridized carbons (Fsp3) is 0.105. The number of rotatable bonds is 4. The maximum atomic E-state index is 12.9. The number of benzene rings is 2. The van der Waals surface area contributed by atoms with E-state index in [9.17, 15) is 14.4 Å². The average Bonchev–Trinajstić information content (AvgIpc) is 2.64. The third-order valence-electron chi connectivity index (χ3n) is 4.05. The largest absolute Gasteiger partial charge is 0.478 e. The molecule has 0 radical (unpaired) electrons. The molecule has 1 atom stereocenters. The zero-order valence-corrected chi connectivity index (χ0v) is 16.1. The molecule has 142 valence electrons. The van der Waals surface area contributed by atoms with Gasteiger partial charge in [-0.05, 0) is 49.5 Å². The molecule has 0 aromatic heterocycles. The van der Waals surface area contributed by atoms with Gasteiger partial charge in [-0.15, -0.1) is 0 Å². The summed E-state index contributed by atoms with van der Waals surface area (Å²) in [6.45, 7) is 1.91. The zero-order chi connectivity index (χ0) is 20.4. The number of carboxylic acids is 1. The summed E-state index contributed by atoms with van der Waals surface area (Å²) in [4.78, 5) is 41.5. The van der Waals surface area contributed by atoms with E-state index in [4.69, 9.17) is 28.9 Å². The van der Waals surface area contributed by atoms with Crippen molar-refractivity contribution in [3.63, 3.8) is 0 Å². The van der Waals surface area contributed by atoms with Gasteiger partial charge in [0, 0.05) is 6.21 Å². The number of aryl methyl sites for hydroxylation is 1. The Morgan fingerprint density at radius 3 is 2.57 bits per heavy atom. The molecule has 1 fully saturated rings. The monoisotopic (exact) mass is 415 g/mol. The van der Waals surface area contributed by atoms with E-state index in [1.807, 2.05) is 19.1 Å². The van der Waals surface area contributed by atoms with Gasteiger partial charge >= 0.3 is 5.97 Å². The van der Waals surface area contributed by atoms with E-state index in [-0.39, 0.29) is 21.4 Å². The van der Waals surface area contributed by atoms with Crippen LogP contribution in [0.1, 0.15) is 15.9 Å². The van der Waals surface area contributed by atoms with Crippen LogP contribution in [0.4, 0.5) is 11.4 Å². The van der Waals surface area contributed by atoms with Crippen LogP contribution < -0.4 is 10.2 Å². The minimum Gasteiger partial charge on any atom is -0.478 e. The van der Waals surface area contributed by atoms with Crippen molar-refractivity contribution in [2.75, 3.05) is 4.90 Å². The Hall–Kier alpha value is -3.10. The number of thiocarbonyl (C=S) groups is 1. The van der Waals surface area contributed by atoms with Gasteiger partial charge in [0.1, 0.15) is 0 Å². The van der Waals surface area contributed by atoms with Gasteiger partial charge in [0.05, 0.1) is 22.0 Å². The van der Waals surface area contributed by atoms with E-state index in [0.29, 0.717) is 5.69 Å². The average molecular weight is 416 g/mol. The second-order valence-electron chi connectivity index (χ2n) is 6.03. The summed E-state index contributed by atoms with van der Waals surface area (Å²) in [6, 6.07) is 11.1. The number of nitrogens with one attached hydrogen (secondary N) is 1. The van der Waals surface area contributed by atoms with Crippen molar-refractivity contribution in [1.29, 1.82) is 0 Å². The molecule has 1 aliphatic rings. The van der Waals surface area contributed by atoms with Gasteiger partial charge < -0.3 is 10.4 Å². The Bertz CT molecular complexity index is 1020. The van der Waals surface area contributed by atoms with E-state index in [0.717, 1.165) is 11.8 Å². The number of carboxylic acid groups (broad SMARTS) is 1. The van der Waals surface area contributed by atoms with Gasteiger partial charge in [0.2, 0.25) is 5.91 Å². The van der Waals surface area contributed by atoms with Crippen LogP contribution in [0.2, 0.25) is 5.02 Å². The van der Waals surface area contributed by atoms with E-state index in [1.165, 1.54) is 23.1 Å². The Morgan fingerprint density at radius 1 is 1.25 bits per heavy atom. The fourth-order valence-corrected chi connectivity index (χ4v) is 3.02. The molecule has 1 heterocycles. The van der Waals surface area contributed by atoms with Gasteiger partial charge in [0.25, 0.3) is 5.91 Å². The summed E-state index contributed by atoms with van der Waals surface area (Å²) < 4.78 is 0. The molecule has 2 aromatic rings. The van der Waals surface area contributed by atoms with Crippen LogP contribution in [0.5, 0.6) is 0 Å². The topological polar surface area (TPSA) is 99.1 Å². The number of anilines is 1. The van der Waals surface area contributed by atoms with Crippen LogP contribution in [-0.2, 0) is 9.59 Å². The highest BCUT2D eigenvalue weighted by Crippen LogP contribution is 2.27. The molecule has 2 aromatic carbocycles. The second kappa shape index (κ2) is 7.87. The molecule has 9 heteroatoms. The highest BCUT2D eigenvalue weighted by atomic mass is 35.5. The molecular weight excluding hydrogens is 402 g/mol. The van der Waals surface area contributed by atoms with Crippen molar-refractivity contribution in [3.8, 4) is 0 Å². The molecule has 2 N–H and O–H groups in total. The lowest BCUT2D eigenvalue weighted by molar-refractivity contribution is -0.130. The molecule has 28 heavy (non-hydrogen) atoms. The zero-order valence-electron chi connectivity index (χ0n) is 14.5. The molecule has 1 aliphatic heterocycles. The van der Waals surface area contributed by atoms with Crippen LogP contribution in [0.15, 0.2) is 47.5 Å². The smallest absolute Gasteiger partial charge is 0.335 e. The highest BCUT2D eigenvalue weighted by Gasteiger charge is 2.38. The highest BCUT2D eigenvalue weighted by molar-refractivity contribution is 7.80. The van der Waals surface area contributed by atoms with Gasteiger partial charge in [-0.3, -0.25) is 19.5 Å². The fourth-order valence-electron chi connectivity index (χ4n) is 2.56. The van der Waals surface area contributed by atoms with Crippen LogP contribution in [0.25, 0.3) is 0 Å². The Balaban J connectivity index is 1.92. The summed E-state index contributed by atoms with van der Waals surface area (Å²) in [6.07, 6.45) is 1.13. The first-order chi connectivity index (χ1) is 13.3. The first-order valence-corrected chi connectivity index (χ1v) is 8.89. The van der Waals surface area contributed by atoms with E-state index >= 15 is 0 Å². The molecule has 0 unspecified atom stereocenters. The molecule has 7 nitrogen and oxygen atoms in total. The number of amides is 2. The minimum atomic E-state index is -1.24. The normalized spacial score (nSPS) is 17.1. The standard InChI is InChI=1S/C19H14ClN3O4S/c1-10-2-5-12(6-3-10)23-17(25)13(16(24)22-19(23)28)9-21-15-8-11(18(26)27)4-7-14(15)20/h2-9,13H,1H3,(H,26,27)(H,22,24,28)/t13-/m1/s1. The third-order valence-corrected chi connectivity index (χ3v) is 4.65. The first-order valence-electron chi connectivity index (χ1n) is 8.10. The SMILES string of the molecule is Cc1ccc(N2C(=O)[C@H](C=Nc3cc(C(=O)O)ccc3Cl)C(=O)NC2=S)cc1. The van der Waals surface area contributed by atoms with E-state index in [1.54, 1.807) is 12.1 Å². The molecule has 0 bridgehead atoms. The summed E-state index contributed by atoms with van der Waals surface area (Å²) in [7, 11) is 0. The predicted octanol–water partition coefficient (Wildman–Crippen LogP) is 3.11. The summed E-state index contributed by atoms with van der Waals surface area (Å²) in [5.74, 6) is -3.56. The number of aliphatic imine (C=N–C) groups is 1. The lowest BCUT2D eigenvalue weighted by atomic mass is 10.1. The predicted molar refractivity (Wildman–Crippen MR) is 109 cm³/mol. The molecule has 1 saturated heterocycles. The number of aromatic carboxylic acids is 1. The summed E-state index contributed by atoms with van der Waals surface area (Å²) >= 11 is 11.2. The summed E-state index contributed by atoms with van der Waals surface area (Å²) in [5.41, 5.74) is 1.65. The molecule has 0 spiro atoms. The minimum absolute atomic E-state index is 0.0153. The third kappa shape index (κ3) is 3.92. The van der Waals surface area contributed by atoms with Crippen molar-refractivity contribution in [1.82, 2.24) is 5.32 Å².